The Morgan fingerprint density at radius 2 is 2.04 bits per heavy atom. The van der Waals surface area contributed by atoms with Crippen LogP contribution in [-0.4, -0.2) is 48.5 Å². The van der Waals surface area contributed by atoms with Crippen LogP contribution < -0.4 is 10.6 Å². The van der Waals surface area contributed by atoms with Crippen molar-refractivity contribution in [3.8, 4) is 0 Å². The van der Waals surface area contributed by atoms with E-state index in [9.17, 15) is 14.4 Å². The van der Waals surface area contributed by atoms with Gasteiger partial charge in [-0.3, -0.25) is 14.9 Å². The van der Waals surface area contributed by atoms with Crippen LogP contribution in [0, 0.1) is 0 Å². The van der Waals surface area contributed by atoms with Gasteiger partial charge in [-0.2, -0.15) is 0 Å². The van der Waals surface area contributed by atoms with E-state index in [-0.39, 0.29) is 18.4 Å². The number of amides is 4. The highest BCUT2D eigenvalue weighted by atomic mass is 35.5. The second-order valence-corrected chi connectivity index (χ2v) is 5.91. The van der Waals surface area contributed by atoms with E-state index in [0.29, 0.717) is 24.7 Å². The van der Waals surface area contributed by atoms with Crippen molar-refractivity contribution in [2.45, 2.75) is 18.6 Å². The number of halogens is 1. The SMILES string of the molecule is O=C1NC(=O)C(CC(=O)N2CCOC(c3ccc(Cl)cc3)C2)N1. The van der Waals surface area contributed by atoms with E-state index in [1.165, 1.54) is 0 Å². The molecular formula is C15H16ClN3O4. The Labute approximate surface area is 137 Å². The molecule has 2 saturated heterocycles. The van der Waals surface area contributed by atoms with E-state index in [4.69, 9.17) is 16.3 Å². The number of carbonyl (C=O) groups excluding carboxylic acids is 3. The summed E-state index contributed by atoms with van der Waals surface area (Å²) in [5.41, 5.74) is 0.943. The van der Waals surface area contributed by atoms with Crippen molar-refractivity contribution >= 4 is 29.4 Å². The number of urea groups is 1. The van der Waals surface area contributed by atoms with Crippen LogP contribution in [0.25, 0.3) is 0 Å². The summed E-state index contributed by atoms with van der Waals surface area (Å²) in [6.07, 6.45) is -0.276. The monoisotopic (exact) mass is 337 g/mol. The number of hydrogen-bond donors (Lipinski definition) is 2. The molecule has 1 aromatic carbocycles. The van der Waals surface area contributed by atoms with Gasteiger partial charge in [0, 0.05) is 11.6 Å². The van der Waals surface area contributed by atoms with Crippen LogP contribution in [0.4, 0.5) is 4.79 Å². The fourth-order valence-electron chi connectivity index (χ4n) is 2.66. The molecule has 2 atom stereocenters. The average molecular weight is 338 g/mol. The summed E-state index contributed by atoms with van der Waals surface area (Å²) in [7, 11) is 0. The third-order valence-corrected chi connectivity index (χ3v) is 4.15. The molecule has 2 unspecified atom stereocenters. The minimum Gasteiger partial charge on any atom is -0.370 e. The number of ether oxygens (including phenoxy) is 1. The van der Waals surface area contributed by atoms with Gasteiger partial charge in [-0.05, 0) is 17.7 Å². The third kappa shape index (κ3) is 3.62. The molecule has 2 heterocycles. The van der Waals surface area contributed by atoms with Crippen molar-refractivity contribution in [2.24, 2.45) is 0 Å². The lowest BCUT2D eigenvalue weighted by atomic mass is 10.1. The largest absolute Gasteiger partial charge is 0.370 e. The molecule has 1 aromatic rings. The minimum atomic E-state index is -0.799. The molecule has 122 valence electrons. The Balaban J connectivity index is 1.61. The van der Waals surface area contributed by atoms with E-state index in [1.807, 2.05) is 12.1 Å². The fraction of sp³-hybridized carbons (Fsp3) is 0.400. The maximum absolute atomic E-state index is 12.4. The minimum absolute atomic E-state index is 0.0507. The second-order valence-electron chi connectivity index (χ2n) is 5.47. The van der Waals surface area contributed by atoms with Crippen LogP contribution in [0.15, 0.2) is 24.3 Å². The molecule has 23 heavy (non-hydrogen) atoms. The van der Waals surface area contributed by atoms with Gasteiger partial charge < -0.3 is 15.0 Å². The van der Waals surface area contributed by atoms with Crippen LogP contribution in [0.2, 0.25) is 5.02 Å². The van der Waals surface area contributed by atoms with Crippen molar-refractivity contribution in [3.05, 3.63) is 34.9 Å². The van der Waals surface area contributed by atoms with Crippen LogP contribution in [0.3, 0.4) is 0 Å². The number of carbonyl (C=O) groups is 3. The summed E-state index contributed by atoms with van der Waals surface area (Å²) in [5.74, 6) is -0.652. The number of nitrogens with zero attached hydrogens (tertiary/aromatic N) is 1. The quantitative estimate of drug-likeness (QED) is 0.800. The Morgan fingerprint density at radius 1 is 1.30 bits per heavy atom. The zero-order valence-electron chi connectivity index (χ0n) is 12.3. The maximum Gasteiger partial charge on any atom is 0.322 e. The highest BCUT2D eigenvalue weighted by Gasteiger charge is 2.34. The zero-order valence-corrected chi connectivity index (χ0v) is 13.0. The molecule has 8 heteroatoms. The Kier molecular flexibility index (Phi) is 4.49. The first-order chi connectivity index (χ1) is 11.0. The third-order valence-electron chi connectivity index (χ3n) is 3.90. The molecule has 0 saturated carbocycles. The maximum atomic E-state index is 12.4. The highest BCUT2D eigenvalue weighted by molar-refractivity contribution is 6.30. The van der Waals surface area contributed by atoms with Gasteiger partial charge >= 0.3 is 6.03 Å². The molecule has 2 N–H and O–H groups in total. The van der Waals surface area contributed by atoms with Gasteiger partial charge in [0.15, 0.2) is 0 Å². The Hall–Kier alpha value is -2.12. The first-order valence-corrected chi connectivity index (χ1v) is 7.67. The van der Waals surface area contributed by atoms with Crippen LogP contribution >= 0.6 is 11.6 Å². The molecule has 7 nitrogen and oxygen atoms in total. The number of rotatable bonds is 3. The summed E-state index contributed by atoms with van der Waals surface area (Å²) < 4.78 is 5.71. The van der Waals surface area contributed by atoms with E-state index in [0.717, 1.165) is 5.56 Å². The molecule has 0 aromatic heterocycles. The Morgan fingerprint density at radius 3 is 2.70 bits per heavy atom. The summed E-state index contributed by atoms with van der Waals surface area (Å²) in [6.45, 7) is 1.29. The van der Waals surface area contributed by atoms with Crippen LogP contribution in [-0.2, 0) is 14.3 Å². The first-order valence-electron chi connectivity index (χ1n) is 7.29. The van der Waals surface area contributed by atoms with Crippen molar-refractivity contribution in [1.82, 2.24) is 15.5 Å². The molecule has 0 spiro atoms. The summed E-state index contributed by atoms with van der Waals surface area (Å²) in [4.78, 5) is 36.6. The molecule has 0 radical (unpaired) electrons. The fourth-order valence-corrected chi connectivity index (χ4v) is 2.79. The van der Waals surface area contributed by atoms with Crippen molar-refractivity contribution in [3.63, 3.8) is 0 Å². The van der Waals surface area contributed by atoms with Crippen LogP contribution in [0.5, 0.6) is 0 Å². The predicted octanol–water partition coefficient (Wildman–Crippen LogP) is 0.838. The van der Waals surface area contributed by atoms with Gasteiger partial charge in [-0.1, -0.05) is 23.7 Å². The van der Waals surface area contributed by atoms with Crippen molar-refractivity contribution in [2.75, 3.05) is 19.7 Å². The molecule has 2 aliphatic rings. The van der Waals surface area contributed by atoms with Crippen molar-refractivity contribution < 1.29 is 19.1 Å². The van der Waals surface area contributed by atoms with E-state index < -0.39 is 18.0 Å². The highest BCUT2D eigenvalue weighted by Crippen LogP contribution is 2.24. The van der Waals surface area contributed by atoms with E-state index in [1.54, 1.807) is 17.0 Å². The van der Waals surface area contributed by atoms with Gasteiger partial charge in [0.05, 0.1) is 19.6 Å². The topological polar surface area (TPSA) is 87.7 Å². The number of morpholine rings is 1. The molecular weight excluding hydrogens is 322 g/mol. The second kappa shape index (κ2) is 6.55. The molecule has 0 bridgehead atoms. The van der Waals surface area contributed by atoms with E-state index in [2.05, 4.69) is 10.6 Å². The lowest BCUT2D eigenvalue weighted by Crippen LogP contribution is -2.45. The van der Waals surface area contributed by atoms with Gasteiger partial charge in [0.2, 0.25) is 5.91 Å². The predicted molar refractivity (Wildman–Crippen MR) is 81.8 cm³/mol. The van der Waals surface area contributed by atoms with Gasteiger partial charge in [0.25, 0.3) is 5.91 Å². The number of imide groups is 1. The Bertz CT molecular complexity index is 634. The lowest BCUT2D eigenvalue weighted by Gasteiger charge is -2.33. The smallest absolute Gasteiger partial charge is 0.322 e. The lowest BCUT2D eigenvalue weighted by molar-refractivity contribution is -0.140. The van der Waals surface area contributed by atoms with Gasteiger partial charge in [-0.15, -0.1) is 0 Å². The number of nitrogens with one attached hydrogen (secondary N) is 2. The molecule has 3 rings (SSSR count). The first kappa shape index (κ1) is 15.8. The summed E-state index contributed by atoms with van der Waals surface area (Å²) in [6, 6.07) is 5.93. The molecule has 2 aliphatic heterocycles. The standard InChI is InChI=1S/C15H16ClN3O4/c16-10-3-1-9(2-4-10)12-8-19(5-6-23-12)13(20)7-11-14(21)18-15(22)17-11/h1-4,11-12H,5-8H2,(H2,17,18,21,22). The summed E-state index contributed by atoms with van der Waals surface area (Å²) >= 11 is 5.87. The molecule has 0 aliphatic carbocycles. The normalized spacial score (nSPS) is 24.3. The molecule has 4 amide bonds. The molecule has 2 fully saturated rings. The number of benzene rings is 1. The average Bonchev–Trinajstić information content (AvgIpc) is 2.85. The van der Waals surface area contributed by atoms with Crippen molar-refractivity contribution in [1.29, 1.82) is 0 Å². The number of hydrogen-bond acceptors (Lipinski definition) is 4. The van der Waals surface area contributed by atoms with Gasteiger partial charge in [-0.25, -0.2) is 4.79 Å². The van der Waals surface area contributed by atoms with Gasteiger partial charge in [0.1, 0.15) is 12.1 Å². The zero-order chi connectivity index (χ0) is 16.4. The van der Waals surface area contributed by atoms with Crippen LogP contribution in [0.1, 0.15) is 18.1 Å². The summed E-state index contributed by atoms with van der Waals surface area (Å²) in [5, 5.41) is 5.19. The van der Waals surface area contributed by atoms with E-state index >= 15 is 0 Å².